The quantitative estimate of drug-likeness (QED) is 0.476. The highest BCUT2D eigenvalue weighted by Crippen LogP contribution is 2.45. The van der Waals surface area contributed by atoms with Crippen molar-refractivity contribution in [3.8, 4) is 11.4 Å². The van der Waals surface area contributed by atoms with E-state index < -0.39 is 16.8 Å². The first-order chi connectivity index (χ1) is 15.2. The molecule has 0 bridgehead atoms. The first kappa shape index (κ1) is 20.0. The molecule has 0 amide bonds. The highest BCUT2D eigenvalue weighted by atomic mass is 19.1. The number of allylic oxidation sites excluding steroid dienone is 2. The van der Waals surface area contributed by atoms with Crippen LogP contribution in [0, 0.1) is 21.3 Å². The van der Waals surface area contributed by atoms with E-state index in [1.165, 1.54) is 24.3 Å². The van der Waals surface area contributed by atoms with Crippen molar-refractivity contribution in [2.45, 2.75) is 32.7 Å². The fourth-order valence-electron chi connectivity index (χ4n) is 4.47. The molecule has 9 heteroatoms. The zero-order valence-electron chi connectivity index (χ0n) is 17.5. The van der Waals surface area contributed by atoms with E-state index in [2.05, 4.69) is 15.4 Å². The van der Waals surface area contributed by atoms with E-state index in [4.69, 9.17) is 0 Å². The fourth-order valence-corrected chi connectivity index (χ4v) is 4.47. The Morgan fingerprint density at radius 1 is 1.19 bits per heavy atom. The van der Waals surface area contributed by atoms with Crippen molar-refractivity contribution in [3.63, 3.8) is 0 Å². The summed E-state index contributed by atoms with van der Waals surface area (Å²) in [6.45, 7) is 4.06. The number of carbonyl (C=O) groups excluding carboxylic acids is 1. The summed E-state index contributed by atoms with van der Waals surface area (Å²) in [5.74, 6) is 0.262. The number of benzene rings is 2. The summed E-state index contributed by atoms with van der Waals surface area (Å²) < 4.78 is 15.7. The van der Waals surface area contributed by atoms with Gasteiger partial charge >= 0.3 is 0 Å². The van der Waals surface area contributed by atoms with Crippen LogP contribution in [0.15, 0.2) is 59.8 Å². The van der Waals surface area contributed by atoms with Gasteiger partial charge in [0.1, 0.15) is 11.9 Å². The van der Waals surface area contributed by atoms with E-state index in [1.54, 1.807) is 28.9 Å². The largest absolute Gasteiger partial charge is 0.328 e. The van der Waals surface area contributed by atoms with Gasteiger partial charge in [0.05, 0.1) is 4.92 Å². The molecule has 162 valence electrons. The number of hydrogen-bond acceptors (Lipinski definition) is 6. The van der Waals surface area contributed by atoms with Crippen LogP contribution in [-0.2, 0) is 4.79 Å². The van der Waals surface area contributed by atoms with E-state index in [0.717, 1.165) is 5.70 Å². The molecule has 0 saturated carbocycles. The molecule has 1 aromatic heterocycles. The van der Waals surface area contributed by atoms with E-state index in [1.807, 2.05) is 13.8 Å². The first-order valence-electron chi connectivity index (χ1n) is 10.2. The number of Topliss-reactive ketones (excluding diaryl/α,β-unsaturated/α-hetero) is 1. The summed E-state index contributed by atoms with van der Waals surface area (Å²) in [5.41, 5.74) is 2.08. The molecule has 1 N–H and O–H groups in total. The van der Waals surface area contributed by atoms with Crippen molar-refractivity contribution in [2.24, 2.45) is 5.41 Å². The number of anilines is 1. The van der Waals surface area contributed by atoms with Crippen molar-refractivity contribution in [2.75, 3.05) is 5.32 Å². The molecule has 2 aliphatic rings. The van der Waals surface area contributed by atoms with Crippen LogP contribution in [0.2, 0.25) is 0 Å². The Labute approximate surface area is 182 Å². The lowest BCUT2D eigenvalue weighted by molar-refractivity contribution is -0.384. The number of halogens is 1. The molecule has 32 heavy (non-hydrogen) atoms. The van der Waals surface area contributed by atoms with Crippen molar-refractivity contribution in [1.82, 2.24) is 14.8 Å². The van der Waals surface area contributed by atoms with Gasteiger partial charge in [-0.3, -0.25) is 14.9 Å². The lowest BCUT2D eigenvalue weighted by atomic mass is 9.73. The number of carbonyl (C=O) groups is 1. The van der Waals surface area contributed by atoms with Gasteiger partial charge in [-0.15, -0.1) is 5.10 Å². The molecule has 2 aromatic carbocycles. The minimum atomic E-state index is -0.638. The van der Waals surface area contributed by atoms with Gasteiger partial charge < -0.3 is 5.32 Å². The Bertz CT molecular complexity index is 1310. The summed E-state index contributed by atoms with van der Waals surface area (Å²) in [6, 6.07) is 11.5. The van der Waals surface area contributed by atoms with Crippen LogP contribution >= 0.6 is 0 Å². The second-order valence-corrected chi connectivity index (χ2v) is 8.93. The third-order valence-corrected chi connectivity index (χ3v) is 5.81. The van der Waals surface area contributed by atoms with Gasteiger partial charge in [0.2, 0.25) is 5.95 Å². The van der Waals surface area contributed by atoms with Crippen LogP contribution in [0.1, 0.15) is 38.3 Å². The van der Waals surface area contributed by atoms with Crippen LogP contribution < -0.4 is 5.32 Å². The van der Waals surface area contributed by atoms with Gasteiger partial charge in [-0.25, -0.2) is 9.07 Å². The summed E-state index contributed by atoms with van der Waals surface area (Å²) in [4.78, 5) is 28.5. The number of nitro groups is 1. The maximum Gasteiger partial charge on any atom is 0.270 e. The lowest BCUT2D eigenvalue weighted by Crippen LogP contribution is -2.36. The Morgan fingerprint density at radius 2 is 1.97 bits per heavy atom. The second kappa shape index (κ2) is 7.08. The number of ketones is 1. The average molecular weight is 433 g/mol. The van der Waals surface area contributed by atoms with Crippen LogP contribution in [0.4, 0.5) is 16.0 Å². The number of hydrogen-bond donors (Lipinski definition) is 1. The van der Waals surface area contributed by atoms with Gasteiger partial charge in [-0.2, -0.15) is 4.98 Å². The van der Waals surface area contributed by atoms with Crippen LogP contribution in [0.25, 0.3) is 11.4 Å². The van der Waals surface area contributed by atoms with Gasteiger partial charge in [-0.05, 0) is 29.5 Å². The predicted octanol–water partition coefficient (Wildman–Crippen LogP) is 4.65. The van der Waals surface area contributed by atoms with E-state index in [9.17, 15) is 19.3 Å². The number of nitrogens with zero attached hydrogens (tertiary/aromatic N) is 4. The van der Waals surface area contributed by atoms with E-state index >= 15 is 0 Å². The normalized spacial score (nSPS) is 19.2. The molecule has 3 aromatic rings. The SMILES string of the molecule is CC1(C)CC(=O)C2=C(C1)Nc1nc(-c3cccc([N+](=O)[O-])c3)nn1C2c1cccc(F)c1. The molecular formula is C23H20FN5O3. The van der Waals surface area contributed by atoms with Crippen LogP contribution in [-0.4, -0.2) is 25.5 Å². The zero-order valence-corrected chi connectivity index (χ0v) is 17.5. The minimum absolute atomic E-state index is 0.0175. The Balaban J connectivity index is 1.68. The number of nitrogens with one attached hydrogen (secondary N) is 1. The van der Waals surface area contributed by atoms with Crippen molar-refractivity contribution in [3.05, 3.63) is 81.3 Å². The van der Waals surface area contributed by atoms with Gasteiger partial charge in [-0.1, -0.05) is 38.1 Å². The molecule has 1 aliphatic carbocycles. The third-order valence-electron chi connectivity index (χ3n) is 5.81. The summed E-state index contributed by atoms with van der Waals surface area (Å²) >= 11 is 0. The molecule has 1 atom stereocenters. The topological polar surface area (TPSA) is 103 Å². The third kappa shape index (κ3) is 3.35. The number of rotatable bonds is 3. The summed E-state index contributed by atoms with van der Waals surface area (Å²) in [5, 5.41) is 19.0. The smallest absolute Gasteiger partial charge is 0.270 e. The van der Waals surface area contributed by atoms with E-state index in [-0.39, 0.29) is 22.7 Å². The molecule has 0 fully saturated rings. The zero-order chi connectivity index (χ0) is 22.6. The van der Waals surface area contributed by atoms with Crippen molar-refractivity contribution >= 4 is 17.4 Å². The minimum Gasteiger partial charge on any atom is -0.328 e. The Morgan fingerprint density at radius 3 is 2.72 bits per heavy atom. The highest BCUT2D eigenvalue weighted by molar-refractivity contribution is 6.00. The molecule has 8 nitrogen and oxygen atoms in total. The molecule has 1 unspecified atom stereocenters. The number of non-ortho nitro benzene ring substituents is 1. The van der Waals surface area contributed by atoms with Gasteiger partial charge in [0, 0.05) is 35.4 Å². The van der Waals surface area contributed by atoms with Crippen LogP contribution in [0.3, 0.4) is 0 Å². The number of aromatic nitrogens is 3. The highest BCUT2D eigenvalue weighted by Gasteiger charge is 2.42. The summed E-state index contributed by atoms with van der Waals surface area (Å²) in [6.07, 6.45) is 1.01. The standard InChI is InChI=1S/C23H20FN5O3/c1-23(2)11-17-19(18(30)12-23)20(13-5-3-7-15(24)9-13)28-22(25-17)26-21(27-28)14-6-4-8-16(10-14)29(31)32/h3-10,20H,11-12H2,1-2H3,(H,25,26,27). The van der Waals surface area contributed by atoms with Crippen molar-refractivity contribution < 1.29 is 14.1 Å². The fraction of sp³-hybridized carbons (Fsp3) is 0.261. The average Bonchev–Trinajstić information content (AvgIpc) is 3.15. The van der Waals surface area contributed by atoms with Gasteiger partial charge in [0.25, 0.3) is 5.69 Å². The molecule has 5 rings (SSSR count). The lowest BCUT2D eigenvalue weighted by Gasteiger charge is -2.38. The molecule has 0 spiro atoms. The second-order valence-electron chi connectivity index (χ2n) is 8.93. The molecule has 0 saturated heterocycles. The Kier molecular flexibility index (Phi) is 4.44. The summed E-state index contributed by atoms with van der Waals surface area (Å²) in [7, 11) is 0. The maximum atomic E-state index is 14.1. The van der Waals surface area contributed by atoms with Crippen molar-refractivity contribution in [1.29, 1.82) is 0 Å². The Hall–Kier alpha value is -3.88. The van der Waals surface area contributed by atoms with Gasteiger partial charge in [0.15, 0.2) is 11.6 Å². The predicted molar refractivity (Wildman–Crippen MR) is 115 cm³/mol. The number of fused-ring (bicyclic) bond motifs is 1. The number of nitro benzene ring substituents is 1. The van der Waals surface area contributed by atoms with Crippen LogP contribution in [0.5, 0.6) is 0 Å². The van der Waals surface area contributed by atoms with E-state index in [0.29, 0.717) is 35.5 Å². The maximum absolute atomic E-state index is 14.1. The molecular weight excluding hydrogens is 413 g/mol. The molecule has 2 heterocycles. The first-order valence-corrected chi connectivity index (χ1v) is 10.2. The molecule has 1 aliphatic heterocycles. The molecule has 0 radical (unpaired) electrons. The monoisotopic (exact) mass is 433 g/mol.